The van der Waals surface area contributed by atoms with Gasteiger partial charge in [0.2, 0.25) is 0 Å². The highest BCUT2D eigenvalue weighted by Gasteiger charge is 2.15. The molecule has 1 heterocycles. The van der Waals surface area contributed by atoms with Crippen molar-refractivity contribution in [2.45, 2.75) is 0 Å². The predicted molar refractivity (Wildman–Crippen MR) is 105 cm³/mol. The van der Waals surface area contributed by atoms with Gasteiger partial charge in [0.05, 0.1) is 23.5 Å². The second kappa shape index (κ2) is 8.47. The van der Waals surface area contributed by atoms with Crippen molar-refractivity contribution >= 4 is 17.5 Å². The molecule has 1 aromatic heterocycles. The van der Waals surface area contributed by atoms with E-state index in [1.807, 2.05) is 6.07 Å². The number of para-hydroxylation sites is 2. The number of anilines is 1. The molecule has 2 N–H and O–H groups in total. The number of nitrogens with one attached hydrogen (secondary N) is 2. The second-order valence-electron chi connectivity index (χ2n) is 5.69. The van der Waals surface area contributed by atoms with E-state index in [0.717, 1.165) is 4.68 Å². The first-order valence-corrected chi connectivity index (χ1v) is 8.38. The Bertz CT molecular complexity index is 1110. The summed E-state index contributed by atoms with van der Waals surface area (Å²) in [5, 5.41) is 9.33. The van der Waals surface area contributed by atoms with Gasteiger partial charge in [-0.15, -0.1) is 6.42 Å². The van der Waals surface area contributed by atoms with Crippen molar-refractivity contribution in [2.24, 2.45) is 0 Å². The maximum Gasteiger partial charge on any atom is 0.276 e. The summed E-state index contributed by atoms with van der Waals surface area (Å²) in [4.78, 5) is 36.9. The second-order valence-corrected chi connectivity index (χ2v) is 5.69. The molecule has 2 amide bonds. The van der Waals surface area contributed by atoms with Crippen molar-refractivity contribution < 1.29 is 9.59 Å². The first-order chi connectivity index (χ1) is 13.6. The Balaban J connectivity index is 1.88. The molecule has 0 spiro atoms. The number of carbonyl (C=O) groups excluding carboxylic acids is 2. The van der Waals surface area contributed by atoms with Crippen molar-refractivity contribution in [2.75, 3.05) is 11.9 Å². The van der Waals surface area contributed by atoms with E-state index in [2.05, 4.69) is 21.7 Å². The monoisotopic (exact) mass is 372 g/mol. The molecule has 0 bridgehead atoms. The fourth-order valence-corrected chi connectivity index (χ4v) is 2.49. The minimum Gasteiger partial charge on any atom is -0.341 e. The van der Waals surface area contributed by atoms with E-state index in [-0.39, 0.29) is 23.4 Å². The quantitative estimate of drug-likeness (QED) is 0.669. The van der Waals surface area contributed by atoms with E-state index in [0.29, 0.717) is 11.4 Å². The molecule has 0 aliphatic heterocycles. The van der Waals surface area contributed by atoms with Crippen LogP contribution >= 0.6 is 0 Å². The van der Waals surface area contributed by atoms with Crippen molar-refractivity contribution in [1.29, 1.82) is 0 Å². The molecule has 0 radical (unpaired) electrons. The van der Waals surface area contributed by atoms with Crippen molar-refractivity contribution in [3.8, 4) is 18.0 Å². The van der Waals surface area contributed by atoms with E-state index in [1.165, 1.54) is 12.1 Å². The van der Waals surface area contributed by atoms with E-state index in [9.17, 15) is 14.4 Å². The van der Waals surface area contributed by atoms with Crippen LogP contribution in [0.3, 0.4) is 0 Å². The van der Waals surface area contributed by atoms with Gasteiger partial charge in [0.1, 0.15) is 5.69 Å². The lowest BCUT2D eigenvalue weighted by Crippen LogP contribution is -2.27. The normalized spacial score (nSPS) is 9.96. The molecular formula is C21H16N4O3. The number of amides is 2. The van der Waals surface area contributed by atoms with Gasteiger partial charge in [0, 0.05) is 6.07 Å². The summed E-state index contributed by atoms with van der Waals surface area (Å²) in [7, 11) is 0. The third-order valence-corrected chi connectivity index (χ3v) is 3.80. The minimum absolute atomic E-state index is 0.0299. The van der Waals surface area contributed by atoms with Crippen LogP contribution in [-0.4, -0.2) is 28.1 Å². The topological polar surface area (TPSA) is 93.1 Å². The lowest BCUT2D eigenvalue weighted by Gasteiger charge is -2.11. The molecule has 0 atom stereocenters. The fourth-order valence-electron chi connectivity index (χ4n) is 2.49. The maximum absolute atomic E-state index is 12.6. The summed E-state index contributed by atoms with van der Waals surface area (Å²) < 4.78 is 1.14. The molecule has 0 saturated heterocycles. The Morgan fingerprint density at radius 2 is 1.68 bits per heavy atom. The zero-order chi connectivity index (χ0) is 19.9. The summed E-state index contributed by atoms with van der Waals surface area (Å²) in [6, 6.07) is 17.9. The number of terminal acetylenes is 1. The number of benzene rings is 2. The number of hydrogen-bond acceptors (Lipinski definition) is 4. The van der Waals surface area contributed by atoms with Gasteiger partial charge in [-0.1, -0.05) is 36.3 Å². The number of carbonyl (C=O) groups is 2. The minimum atomic E-state index is -0.554. The van der Waals surface area contributed by atoms with Crippen molar-refractivity contribution in [3.63, 3.8) is 0 Å². The van der Waals surface area contributed by atoms with Gasteiger partial charge in [-0.25, -0.2) is 0 Å². The molecule has 7 heteroatoms. The Morgan fingerprint density at radius 3 is 2.43 bits per heavy atom. The van der Waals surface area contributed by atoms with Crippen LogP contribution in [0.15, 0.2) is 71.5 Å². The lowest BCUT2D eigenvalue weighted by atomic mass is 10.1. The average Bonchev–Trinajstić information content (AvgIpc) is 2.73. The van der Waals surface area contributed by atoms with Crippen molar-refractivity contribution in [3.05, 3.63) is 88.3 Å². The number of rotatable bonds is 5. The molecule has 0 fully saturated rings. The highest BCUT2D eigenvalue weighted by molar-refractivity contribution is 6.08. The molecule has 3 rings (SSSR count). The Kier molecular flexibility index (Phi) is 5.63. The Hall–Kier alpha value is -4.18. The molecule has 0 unspecified atom stereocenters. The molecule has 28 heavy (non-hydrogen) atoms. The summed E-state index contributed by atoms with van der Waals surface area (Å²) in [5.41, 5.74) is 0.777. The summed E-state index contributed by atoms with van der Waals surface area (Å²) in [6.45, 7) is 0.0741. The number of hydrogen-bond donors (Lipinski definition) is 2. The van der Waals surface area contributed by atoms with Crippen LogP contribution in [0.25, 0.3) is 5.69 Å². The lowest BCUT2D eigenvalue weighted by molar-refractivity contribution is 0.0959. The van der Waals surface area contributed by atoms with Crippen LogP contribution in [0.1, 0.15) is 20.8 Å². The van der Waals surface area contributed by atoms with Crippen LogP contribution in [0.4, 0.5) is 5.69 Å². The van der Waals surface area contributed by atoms with E-state index >= 15 is 0 Å². The summed E-state index contributed by atoms with van der Waals surface area (Å²) >= 11 is 0. The first kappa shape index (κ1) is 18.6. The predicted octanol–water partition coefficient (Wildman–Crippen LogP) is 1.85. The maximum atomic E-state index is 12.6. The SMILES string of the molecule is C#CCNC(=O)c1ccccc1NC(=O)c1ccc(=O)n(-c2ccccc2)n1. The van der Waals surface area contributed by atoms with Crippen LogP contribution in [0.2, 0.25) is 0 Å². The van der Waals surface area contributed by atoms with E-state index < -0.39 is 11.8 Å². The van der Waals surface area contributed by atoms with Crippen LogP contribution < -0.4 is 16.2 Å². The highest BCUT2D eigenvalue weighted by Crippen LogP contribution is 2.16. The third kappa shape index (κ3) is 4.14. The van der Waals surface area contributed by atoms with Gasteiger partial charge in [-0.05, 0) is 30.3 Å². The van der Waals surface area contributed by atoms with Gasteiger partial charge >= 0.3 is 0 Å². The zero-order valence-electron chi connectivity index (χ0n) is 14.8. The van der Waals surface area contributed by atoms with E-state index in [4.69, 9.17) is 6.42 Å². The van der Waals surface area contributed by atoms with Gasteiger partial charge < -0.3 is 10.6 Å². The van der Waals surface area contributed by atoms with Gasteiger partial charge in [-0.3, -0.25) is 14.4 Å². The zero-order valence-corrected chi connectivity index (χ0v) is 14.8. The summed E-state index contributed by atoms with van der Waals surface area (Å²) in [6.07, 6.45) is 5.15. The van der Waals surface area contributed by atoms with Gasteiger partial charge in [0.15, 0.2) is 0 Å². The van der Waals surface area contributed by atoms with Gasteiger partial charge in [-0.2, -0.15) is 9.78 Å². The molecule has 2 aromatic carbocycles. The number of nitrogens with zero attached hydrogens (tertiary/aromatic N) is 2. The summed E-state index contributed by atoms with van der Waals surface area (Å²) in [5.74, 6) is 1.36. The molecule has 0 aliphatic rings. The van der Waals surface area contributed by atoms with Crippen LogP contribution in [0, 0.1) is 12.3 Å². The smallest absolute Gasteiger partial charge is 0.276 e. The fraction of sp³-hybridized carbons (Fsp3) is 0.0476. The molecule has 138 valence electrons. The standard InChI is InChI=1S/C21H16N4O3/c1-2-14-22-20(27)16-10-6-7-11-17(16)23-21(28)18-12-13-19(26)25(24-18)15-8-4-3-5-9-15/h1,3-13H,14H2,(H,22,27)(H,23,28). The van der Waals surface area contributed by atoms with Crippen molar-refractivity contribution in [1.82, 2.24) is 15.1 Å². The molecule has 3 aromatic rings. The van der Waals surface area contributed by atoms with Crippen LogP contribution in [-0.2, 0) is 0 Å². The Labute approximate surface area is 161 Å². The van der Waals surface area contributed by atoms with Crippen LogP contribution in [0.5, 0.6) is 0 Å². The first-order valence-electron chi connectivity index (χ1n) is 8.38. The average molecular weight is 372 g/mol. The molecule has 0 aliphatic carbocycles. The molecule has 7 nitrogen and oxygen atoms in total. The Morgan fingerprint density at radius 1 is 0.964 bits per heavy atom. The number of aromatic nitrogens is 2. The van der Waals surface area contributed by atoms with E-state index in [1.54, 1.807) is 48.5 Å². The molecular weight excluding hydrogens is 356 g/mol. The molecule has 0 saturated carbocycles. The third-order valence-electron chi connectivity index (χ3n) is 3.80. The van der Waals surface area contributed by atoms with Gasteiger partial charge in [0.25, 0.3) is 17.4 Å². The highest BCUT2D eigenvalue weighted by atomic mass is 16.2. The largest absolute Gasteiger partial charge is 0.341 e.